The molecule has 0 unspecified atom stereocenters. The molecule has 1 heterocycles. The molecule has 1 aromatic rings. The number of carboxylic acid groups (broad SMARTS) is 1. The SMILES string of the molecule is CCCCc1nc(SCC(=O)O)n(C(=O)N(C)C)n1. The predicted octanol–water partition coefficient (Wildman–Crippen LogP) is 1.33. The van der Waals surface area contributed by atoms with Crippen molar-refractivity contribution in [2.24, 2.45) is 0 Å². The summed E-state index contributed by atoms with van der Waals surface area (Å²) >= 11 is 0.997. The van der Waals surface area contributed by atoms with Crippen molar-refractivity contribution in [3.63, 3.8) is 0 Å². The summed E-state index contributed by atoms with van der Waals surface area (Å²) in [5, 5.41) is 13.2. The highest BCUT2D eigenvalue weighted by Gasteiger charge is 2.18. The number of unbranched alkanes of at least 4 members (excludes halogenated alkanes) is 1. The molecule has 0 fully saturated rings. The van der Waals surface area contributed by atoms with E-state index in [0.717, 1.165) is 24.6 Å². The van der Waals surface area contributed by atoms with Crippen molar-refractivity contribution in [2.45, 2.75) is 31.3 Å². The number of aromatic nitrogens is 3. The van der Waals surface area contributed by atoms with Gasteiger partial charge >= 0.3 is 12.0 Å². The fraction of sp³-hybridized carbons (Fsp3) is 0.636. The summed E-state index contributed by atoms with van der Waals surface area (Å²) in [6.45, 7) is 2.06. The maximum absolute atomic E-state index is 11.9. The average Bonchev–Trinajstić information content (AvgIpc) is 2.75. The lowest BCUT2D eigenvalue weighted by atomic mass is 10.2. The minimum absolute atomic E-state index is 0.146. The highest BCUT2D eigenvalue weighted by Crippen LogP contribution is 2.17. The van der Waals surface area contributed by atoms with Gasteiger partial charge in [-0.15, -0.1) is 5.10 Å². The number of carbonyl (C=O) groups excluding carboxylic acids is 1. The zero-order valence-corrected chi connectivity index (χ0v) is 12.1. The van der Waals surface area contributed by atoms with Gasteiger partial charge in [0.2, 0.25) is 0 Å². The van der Waals surface area contributed by atoms with E-state index < -0.39 is 5.97 Å². The van der Waals surface area contributed by atoms with Crippen molar-refractivity contribution in [2.75, 3.05) is 19.8 Å². The largest absolute Gasteiger partial charge is 0.481 e. The van der Waals surface area contributed by atoms with Gasteiger partial charge in [0.25, 0.3) is 0 Å². The Bertz CT molecular complexity index is 459. The lowest BCUT2D eigenvalue weighted by Crippen LogP contribution is -2.29. The van der Waals surface area contributed by atoms with E-state index in [9.17, 15) is 9.59 Å². The summed E-state index contributed by atoms with van der Waals surface area (Å²) in [4.78, 5) is 28.1. The number of nitrogens with zero attached hydrogens (tertiary/aromatic N) is 4. The average molecular weight is 286 g/mol. The van der Waals surface area contributed by atoms with Gasteiger partial charge in [0, 0.05) is 20.5 Å². The number of carboxylic acids is 1. The molecule has 8 heteroatoms. The van der Waals surface area contributed by atoms with Crippen LogP contribution in [0.3, 0.4) is 0 Å². The van der Waals surface area contributed by atoms with Crippen molar-refractivity contribution < 1.29 is 14.7 Å². The number of hydrogen-bond donors (Lipinski definition) is 1. The van der Waals surface area contributed by atoms with E-state index in [2.05, 4.69) is 17.0 Å². The quantitative estimate of drug-likeness (QED) is 0.794. The van der Waals surface area contributed by atoms with Gasteiger partial charge in [-0.2, -0.15) is 4.68 Å². The number of thioether (sulfide) groups is 1. The van der Waals surface area contributed by atoms with Crippen LogP contribution < -0.4 is 0 Å². The highest BCUT2D eigenvalue weighted by atomic mass is 32.2. The minimum Gasteiger partial charge on any atom is -0.481 e. The van der Waals surface area contributed by atoms with Crippen molar-refractivity contribution >= 4 is 23.8 Å². The lowest BCUT2D eigenvalue weighted by molar-refractivity contribution is -0.133. The van der Waals surface area contributed by atoms with Gasteiger partial charge in [0.15, 0.2) is 11.0 Å². The monoisotopic (exact) mass is 286 g/mol. The normalized spacial score (nSPS) is 10.5. The molecule has 1 aromatic heterocycles. The third-order valence-corrected chi connectivity index (χ3v) is 3.18. The molecule has 0 atom stereocenters. The summed E-state index contributed by atoms with van der Waals surface area (Å²) in [7, 11) is 3.22. The second-order valence-electron chi connectivity index (χ2n) is 4.19. The fourth-order valence-electron chi connectivity index (χ4n) is 1.31. The first kappa shape index (κ1) is 15.5. The number of aliphatic carboxylic acids is 1. The molecule has 0 aromatic carbocycles. The summed E-state index contributed by atoms with van der Waals surface area (Å²) < 4.78 is 1.17. The van der Waals surface area contributed by atoms with Crippen molar-refractivity contribution in [3.05, 3.63) is 5.82 Å². The third-order valence-electron chi connectivity index (χ3n) is 2.26. The van der Waals surface area contributed by atoms with Crippen LogP contribution in [0.15, 0.2) is 5.16 Å². The molecule has 0 bridgehead atoms. The Morgan fingerprint density at radius 1 is 1.42 bits per heavy atom. The molecule has 19 heavy (non-hydrogen) atoms. The van der Waals surface area contributed by atoms with E-state index in [1.54, 1.807) is 14.1 Å². The van der Waals surface area contributed by atoms with E-state index in [4.69, 9.17) is 5.11 Å². The molecule has 0 saturated heterocycles. The topological polar surface area (TPSA) is 88.3 Å². The van der Waals surface area contributed by atoms with Gasteiger partial charge in [-0.05, 0) is 6.42 Å². The van der Waals surface area contributed by atoms with E-state index in [-0.39, 0.29) is 11.8 Å². The Kier molecular flexibility index (Phi) is 5.81. The molecular weight excluding hydrogens is 268 g/mol. The Balaban J connectivity index is 2.93. The first-order valence-corrected chi connectivity index (χ1v) is 6.96. The molecule has 7 nitrogen and oxygen atoms in total. The van der Waals surface area contributed by atoms with E-state index in [0.29, 0.717) is 17.4 Å². The molecule has 0 saturated carbocycles. The highest BCUT2D eigenvalue weighted by molar-refractivity contribution is 7.99. The van der Waals surface area contributed by atoms with Crippen molar-refractivity contribution in [1.82, 2.24) is 19.7 Å². The Labute approximate surface area is 116 Å². The zero-order chi connectivity index (χ0) is 14.4. The number of carbonyl (C=O) groups is 2. The van der Waals surface area contributed by atoms with Gasteiger partial charge in [0.1, 0.15) is 0 Å². The van der Waals surface area contributed by atoms with Crippen LogP contribution in [0.25, 0.3) is 0 Å². The summed E-state index contributed by atoms with van der Waals surface area (Å²) in [6, 6.07) is -0.330. The van der Waals surface area contributed by atoms with E-state index >= 15 is 0 Å². The molecule has 1 rings (SSSR count). The summed E-state index contributed by atoms with van der Waals surface area (Å²) in [5.74, 6) is -0.524. The van der Waals surface area contributed by atoms with Gasteiger partial charge in [-0.3, -0.25) is 4.79 Å². The second-order valence-corrected chi connectivity index (χ2v) is 5.13. The molecule has 0 aliphatic rings. The third kappa shape index (κ3) is 4.55. The van der Waals surface area contributed by atoms with Crippen LogP contribution in [0.2, 0.25) is 0 Å². The minimum atomic E-state index is -0.952. The van der Waals surface area contributed by atoms with E-state index in [1.165, 1.54) is 9.58 Å². The van der Waals surface area contributed by atoms with Gasteiger partial charge in [-0.25, -0.2) is 9.78 Å². The van der Waals surface area contributed by atoms with Crippen LogP contribution in [0.5, 0.6) is 0 Å². The van der Waals surface area contributed by atoms with Crippen LogP contribution >= 0.6 is 11.8 Å². The number of hydrogen-bond acceptors (Lipinski definition) is 5. The van der Waals surface area contributed by atoms with E-state index in [1.807, 2.05) is 0 Å². The standard InChI is InChI=1S/C11H18N4O3S/c1-4-5-6-8-12-10(19-7-9(16)17)15(13-8)11(18)14(2)3/h4-7H2,1-3H3,(H,16,17). The summed E-state index contributed by atoms with van der Waals surface area (Å²) in [5.41, 5.74) is 0. The fourth-order valence-corrected chi connectivity index (χ4v) is 1.98. The molecule has 0 aliphatic heterocycles. The maximum atomic E-state index is 11.9. The first-order valence-electron chi connectivity index (χ1n) is 5.97. The molecule has 0 aliphatic carbocycles. The lowest BCUT2D eigenvalue weighted by Gasteiger charge is -2.10. The van der Waals surface area contributed by atoms with Crippen LogP contribution in [0.4, 0.5) is 4.79 Å². The number of rotatable bonds is 6. The van der Waals surface area contributed by atoms with Gasteiger partial charge in [0.05, 0.1) is 5.75 Å². The maximum Gasteiger partial charge on any atom is 0.346 e. The van der Waals surface area contributed by atoms with Crippen LogP contribution in [0.1, 0.15) is 25.6 Å². The first-order chi connectivity index (χ1) is 8.95. The molecule has 1 N–H and O–H groups in total. The summed E-state index contributed by atoms with van der Waals surface area (Å²) in [6.07, 6.45) is 2.63. The molecule has 106 valence electrons. The molecular formula is C11H18N4O3S. The zero-order valence-electron chi connectivity index (χ0n) is 11.3. The predicted molar refractivity (Wildman–Crippen MR) is 71.5 cm³/mol. The number of amides is 1. The second kappa shape index (κ2) is 7.13. The van der Waals surface area contributed by atoms with Crippen LogP contribution in [-0.4, -0.2) is 56.6 Å². The molecule has 0 spiro atoms. The van der Waals surface area contributed by atoms with Crippen LogP contribution in [0, 0.1) is 0 Å². The van der Waals surface area contributed by atoms with Crippen LogP contribution in [-0.2, 0) is 11.2 Å². The van der Waals surface area contributed by atoms with Crippen molar-refractivity contribution in [3.8, 4) is 0 Å². The smallest absolute Gasteiger partial charge is 0.346 e. The van der Waals surface area contributed by atoms with Crippen molar-refractivity contribution in [1.29, 1.82) is 0 Å². The Morgan fingerprint density at radius 3 is 2.63 bits per heavy atom. The number of aryl methyl sites for hydroxylation is 1. The van der Waals surface area contributed by atoms with Gasteiger partial charge in [-0.1, -0.05) is 25.1 Å². The molecule has 0 radical (unpaired) electrons. The molecule has 1 amide bonds. The Hall–Kier alpha value is -1.57. The Morgan fingerprint density at radius 2 is 2.11 bits per heavy atom. The van der Waals surface area contributed by atoms with Gasteiger partial charge < -0.3 is 10.0 Å².